The Morgan fingerprint density at radius 3 is 2.47 bits per heavy atom. The standard InChI is InChI=1S/C14H27NO2/c1-3-4-11-17-14(16)12-15(2)13-9-7-5-6-8-10-13/h13H,3-12H2,1-2H3. The van der Waals surface area contributed by atoms with E-state index in [-0.39, 0.29) is 5.97 Å². The van der Waals surface area contributed by atoms with Gasteiger partial charge in [-0.3, -0.25) is 9.69 Å². The summed E-state index contributed by atoms with van der Waals surface area (Å²) in [5.74, 6) is -0.0646. The zero-order chi connectivity index (χ0) is 12.5. The first-order valence-corrected chi connectivity index (χ1v) is 7.10. The minimum Gasteiger partial charge on any atom is -0.465 e. The number of nitrogens with zero attached hydrogens (tertiary/aromatic N) is 1. The Morgan fingerprint density at radius 2 is 1.88 bits per heavy atom. The van der Waals surface area contributed by atoms with Crippen LogP contribution in [0.15, 0.2) is 0 Å². The molecule has 1 aliphatic carbocycles. The first-order valence-electron chi connectivity index (χ1n) is 7.10. The van der Waals surface area contributed by atoms with Crippen LogP contribution in [0.1, 0.15) is 58.3 Å². The molecule has 100 valence electrons. The highest BCUT2D eigenvalue weighted by atomic mass is 16.5. The molecule has 0 N–H and O–H groups in total. The monoisotopic (exact) mass is 241 g/mol. The van der Waals surface area contributed by atoms with Crippen LogP contribution < -0.4 is 0 Å². The Hall–Kier alpha value is -0.570. The number of hydrogen-bond acceptors (Lipinski definition) is 3. The molecular formula is C14H27NO2. The van der Waals surface area contributed by atoms with Crippen molar-refractivity contribution in [2.45, 2.75) is 64.3 Å². The van der Waals surface area contributed by atoms with Crippen LogP contribution in [0.2, 0.25) is 0 Å². The summed E-state index contributed by atoms with van der Waals surface area (Å²) in [4.78, 5) is 13.8. The molecular weight excluding hydrogens is 214 g/mol. The highest BCUT2D eigenvalue weighted by Gasteiger charge is 2.19. The Morgan fingerprint density at radius 1 is 1.24 bits per heavy atom. The molecule has 0 unspecified atom stereocenters. The van der Waals surface area contributed by atoms with Gasteiger partial charge in [-0.1, -0.05) is 39.0 Å². The SMILES string of the molecule is CCCCOC(=O)CN(C)C1CCCCCC1. The fourth-order valence-electron chi connectivity index (χ4n) is 2.41. The molecule has 1 fully saturated rings. The van der Waals surface area contributed by atoms with E-state index in [1.54, 1.807) is 0 Å². The van der Waals surface area contributed by atoms with Crippen molar-refractivity contribution in [2.24, 2.45) is 0 Å². The van der Waals surface area contributed by atoms with Crippen LogP contribution >= 0.6 is 0 Å². The van der Waals surface area contributed by atoms with Crippen molar-refractivity contribution in [1.82, 2.24) is 4.90 Å². The third kappa shape index (κ3) is 6.06. The van der Waals surface area contributed by atoms with E-state index in [1.165, 1.54) is 38.5 Å². The maximum absolute atomic E-state index is 11.6. The number of ether oxygens (including phenoxy) is 1. The summed E-state index contributed by atoms with van der Waals surface area (Å²) in [6.07, 6.45) is 9.83. The van der Waals surface area contributed by atoms with E-state index < -0.39 is 0 Å². The fraction of sp³-hybridized carbons (Fsp3) is 0.929. The molecule has 3 heteroatoms. The summed E-state index contributed by atoms with van der Waals surface area (Å²) < 4.78 is 5.19. The number of rotatable bonds is 6. The quantitative estimate of drug-likeness (QED) is 0.407. The molecule has 0 aromatic rings. The van der Waals surface area contributed by atoms with Crippen LogP contribution in [0.25, 0.3) is 0 Å². The largest absolute Gasteiger partial charge is 0.465 e. The molecule has 0 heterocycles. The molecule has 0 aromatic carbocycles. The van der Waals surface area contributed by atoms with Gasteiger partial charge in [0, 0.05) is 6.04 Å². The summed E-state index contributed by atoms with van der Waals surface area (Å²) in [5, 5.41) is 0. The zero-order valence-electron chi connectivity index (χ0n) is 11.4. The van der Waals surface area contributed by atoms with Gasteiger partial charge in [0.15, 0.2) is 0 Å². The summed E-state index contributed by atoms with van der Waals surface area (Å²) in [7, 11) is 2.05. The van der Waals surface area contributed by atoms with Crippen LogP contribution in [0, 0.1) is 0 Å². The molecule has 17 heavy (non-hydrogen) atoms. The van der Waals surface area contributed by atoms with Gasteiger partial charge >= 0.3 is 5.97 Å². The molecule has 0 aromatic heterocycles. The van der Waals surface area contributed by atoms with Crippen LogP contribution in [0.5, 0.6) is 0 Å². The topological polar surface area (TPSA) is 29.5 Å². The maximum atomic E-state index is 11.6. The van der Waals surface area contributed by atoms with E-state index in [9.17, 15) is 4.79 Å². The lowest BCUT2D eigenvalue weighted by atomic mass is 10.1. The van der Waals surface area contributed by atoms with Crippen LogP contribution in [-0.2, 0) is 9.53 Å². The summed E-state index contributed by atoms with van der Waals surface area (Å²) in [6.45, 7) is 3.13. The maximum Gasteiger partial charge on any atom is 0.320 e. The van der Waals surface area contributed by atoms with Crippen molar-refractivity contribution in [2.75, 3.05) is 20.2 Å². The normalized spacial score (nSPS) is 18.1. The van der Waals surface area contributed by atoms with E-state index in [0.29, 0.717) is 19.2 Å². The van der Waals surface area contributed by atoms with E-state index in [2.05, 4.69) is 18.9 Å². The number of unbranched alkanes of at least 4 members (excludes halogenated alkanes) is 1. The summed E-state index contributed by atoms with van der Waals surface area (Å²) in [6, 6.07) is 0.580. The van der Waals surface area contributed by atoms with Crippen molar-refractivity contribution in [3.8, 4) is 0 Å². The smallest absolute Gasteiger partial charge is 0.320 e. The third-order valence-corrected chi connectivity index (χ3v) is 3.59. The lowest BCUT2D eigenvalue weighted by molar-refractivity contribution is -0.145. The number of esters is 1. The van der Waals surface area contributed by atoms with Crippen LogP contribution in [-0.4, -0.2) is 37.1 Å². The molecule has 0 amide bonds. The van der Waals surface area contributed by atoms with Gasteiger partial charge in [0.25, 0.3) is 0 Å². The Labute approximate surface area is 106 Å². The Bertz CT molecular complexity index is 210. The second-order valence-electron chi connectivity index (χ2n) is 5.13. The number of hydrogen-bond donors (Lipinski definition) is 0. The van der Waals surface area contributed by atoms with Crippen molar-refractivity contribution >= 4 is 5.97 Å². The fourth-order valence-corrected chi connectivity index (χ4v) is 2.41. The van der Waals surface area contributed by atoms with Gasteiger partial charge in [0.1, 0.15) is 0 Å². The second-order valence-corrected chi connectivity index (χ2v) is 5.13. The van der Waals surface area contributed by atoms with Crippen molar-refractivity contribution in [1.29, 1.82) is 0 Å². The molecule has 0 saturated heterocycles. The molecule has 1 aliphatic rings. The zero-order valence-corrected chi connectivity index (χ0v) is 11.4. The first kappa shape index (κ1) is 14.5. The van der Waals surface area contributed by atoms with Gasteiger partial charge in [0.05, 0.1) is 13.2 Å². The molecule has 3 nitrogen and oxygen atoms in total. The Balaban J connectivity index is 2.21. The average Bonchev–Trinajstić information content (AvgIpc) is 2.57. The lowest BCUT2D eigenvalue weighted by Gasteiger charge is -2.25. The third-order valence-electron chi connectivity index (χ3n) is 3.59. The van der Waals surface area contributed by atoms with E-state index in [0.717, 1.165) is 12.8 Å². The van der Waals surface area contributed by atoms with Gasteiger partial charge in [-0.25, -0.2) is 0 Å². The van der Waals surface area contributed by atoms with Gasteiger partial charge in [-0.2, -0.15) is 0 Å². The molecule has 0 atom stereocenters. The van der Waals surface area contributed by atoms with E-state index in [4.69, 9.17) is 4.74 Å². The van der Waals surface area contributed by atoms with Crippen LogP contribution in [0.3, 0.4) is 0 Å². The summed E-state index contributed by atoms with van der Waals surface area (Å²) in [5.41, 5.74) is 0. The van der Waals surface area contributed by atoms with Crippen molar-refractivity contribution in [3.05, 3.63) is 0 Å². The lowest BCUT2D eigenvalue weighted by Crippen LogP contribution is -2.36. The minimum atomic E-state index is -0.0646. The minimum absolute atomic E-state index is 0.0646. The first-order chi connectivity index (χ1) is 8.24. The van der Waals surface area contributed by atoms with Gasteiger partial charge < -0.3 is 4.74 Å². The molecule has 1 rings (SSSR count). The van der Waals surface area contributed by atoms with Gasteiger partial charge in [-0.15, -0.1) is 0 Å². The number of likely N-dealkylation sites (N-methyl/N-ethyl adjacent to an activating group) is 1. The van der Waals surface area contributed by atoms with Gasteiger partial charge in [-0.05, 0) is 26.3 Å². The predicted molar refractivity (Wildman–Crippen MR) is 70.0 cm³/mol. The molecule has 0 spiro atoms. The number of carbonyl (C=O) groups excluding carboxylic acids is 1. The van der Waals surface area contributed by atoms with Crippen molar-refractivity contribution < 1.29 is 9.53 Å². The molecule has 0 radical (unpaired) electrons. The average molecular weight is 241 g/mol. The second kappa shape index (κ2) is 8.51. The molecule has 1 saturated carbocycles. The summed E-state index contributed by atoms with van der Waals surface area (Å²) >= 11 is 0. The predicted octanol–water partition coefficient (Wildman–Crippen LogP) is 2.98. The van der Waals surface area contributed by atoms with Gasteiger partial charge in [0.2, 0.25) is 0 Å². The highest BCUT2D eigenvalue weighted by Crippen LogP contribution is 2.20. The highest BCUT2D eigenvalue weighted by molar-refractivity contribution is 5.71. The van der Waals surface area contributed by atoms with Crippen LogP contribution in [0.4, 0.5) is 0 Å². The molecule has 0 aliphatic heterocycles. The Kier molecular flexibility index (Phi) is 7.25. The van der Waals surface area contributed by atoms with E-state index in [1.807, 2.05) is 0 Å². The van der Waals surface area contributed by atoms with E-state index >= 15 is 0 Å². The molecule has 0 bridgehead atoms. The van der Waals surface area contributed by atoms with Crippen molar-refractivity contribution in [3.63, 3.8) is 0 Å². The number of carbonyl (C=O) groups is 1.